The van der Waals surface area contributed by atoms with Gasteiger partial charge in [0.2, 0.25) is 5.91 Å². The van der Waals surface area contributed by atoms with Crippen molar-refractivity contribution in [3.8, 4) is 0 Å². The molecule has 15 heavy (non-hydrogen) atoms. The maximum atomic E-state index is 11.3. The van der Waals surface area contributed by atoms with Crippen molar-refractivity contribution in [2.75, 3.05) is 5.32 Å². The Morgan fingerprint density at radius 2 is 2.33 bits per heavy atom. The summed E-state index contributed by atoms with van der Waals surface area (Å²) < 4.78 is 4.53. The first-order valence-corrected chi connectivity index (χ1v) is 4.49. The standard InChI is InChI=1S/C9H12N2O4/c1-6(3-9(13)14)2-8(12)11-7-4-10-15-5-7/h4-6H,2-3H2,1H3,(H,11,12)(H,13,14). The van der Waals surface area contributed by atoms with Crippen LogP contribution in [0.4, 0.5) is 5.69 Å². The number of carboxylic acids is 1. The summed E-state index contributed by atoms with van der Waals surface area (Å²) in [5.74, 6) is -1.34. The van der Waals surface area contributed by atoms with Crippen LogP contribution in [0.2, 0.25) is 0 Å². The largest absolute Gasteiger partial charge is 0.481 e. The number of hydrogen-bond donors (Lipinski definition) is 2. The number of nitrogens with one attached hydrogen (secondary N) is 1. The third kappa shape index (κ3) is 4.26. The Bertz CT molecular complexity index is 334. The zero-order valence-electron chi connectivity index (χ0n) is 8.27. The van der Waals surface area contributed by atoms with Gasteiger partial charge in [0.25, 0.3) is 0 Å². The number of carbonyl (C=O) groups excluding carboxylic acids is 1. The molecule has 1 rings (SSSR count). The molecule has 0 saturated carbocycles. The maximum absolute atomic E-state index is 11.3. The quantitative estimate of drug-likeness (QED) is 0.762. The van der Waals surface area contributed by atoms with E-state index in [1.165, 1.54) is 12.5 Å². The van der Waals surface area contributed by atoms with Crippen molar-refractivity contribution in [3.05, 3.63) is 12.5 Å². The number of aliphatic carboxylic acids is 1. The number of aromatic nitrogens is 1. The molecule has 0 aromatic carbocycles. The van der Waals surface area contributed by atoms with Crippen LogP contribution in [0, 0.1) is 5.92 Å². The zero-order chi connectivity index (χ0) is 11.3. The van der Waals surface area contributed by atoms with Gasteiger partial charge < -0.3 is 14.9 Å². The van der Waals surface area contributed by atoms with E-state index in [1.807, 2.05) is 0 Å². The van der Waals surface area contributed by atoms with Gasteiger partial charge in [-0.3, -0.25) is 9.59 Å². The van der Waals surface area contributed by atoms with E-state index in [0.717, 1.165) is 0 Å². The van der Waals surface area contributed by atoms with Crippen molar-refractivity contribution in [2.24, 2.45) is 5.92 Å². The van der Waals surface area contributed by atoms with Crippen molar-refractivity contribution >= 4 is 17.6 Å². The first-order chi connectivity index (χ1) is 7.08. The maximum Gasteiger partial charge on any atom is 0.303 e. The molecule has 1 atom stereocenters. The highest BCUT2D eigenvalue weighted by Gasteiger charge is 2.12. The summed E-state index contributed by atoms with van der Waals surface area (Å²) in [7, 11) is 0. The van der Waals surface area contributed by atoms with Gasteiger partial charge in [0.1, 0.15) is 12.0 Å². The topological polar surface area (TPSA) is 92.4 Å². The smallest absolute Gasteiger partial charge is 0.303 e. The Balaban J connectivity index is 2.33. The van der Waals surface area contributed by atoms with E-state index in [-0.39, 0.29) is 24.7 Å². The van der Waals surface area contributed by atoms with Gasteiger partial charge in [-0.05, 0) is 5.92 Å². The predicted octanol–water partition coefficient (Wildman–Crippen LogP) is 1.11. The van der Waals surface area contributed by atoms with Crippen LogP contribution in [0.1, 0.15) is 19.8 Å². The van der Waals surface area contributed by atoms with Crippen molar-refractivity contribution in [1.29, 1.82) is 0 Å². The van der Waals surface area contributed by atoms with Gasteiger partial charge in [-0.25, -0.2) is 0 Å². The van der Waals surface area contributed by atoms with Crippen LogP contribution >= 0.6 is 0 Å². The number of carbonyl (C=O) groups is 2. The molecule has 0 fully saturated rings. The van der Waals surface area contributed by atoms with Crippen LogP contribution in [-0.4, -0.2) is 22.1 Å². The monoisotopic (exact) mass is 212 g/mol. The van der Waals surface area contributed by atoms with E-state index in [1.54, 1.807) is 6.92 Å². The van der Waals surface area contributed by atoms with Crippen LogP contribution in [-0.2, 0) is 9.59 Å². The van der Waals surface area contributed by atoms with Crippen molar-refractivity contribution < 1.29 is 19.2 Å². The Morgan fingerprint density at radius 1 is 1.60 bits per heavy atom. The number of hydrogen-bond acceptors (Lipinski definition) is 4. The van der Waals surface area contributed by atoms with Crippen LogP contribution < -0.4 is 5.32 Å². The average Bonchev–Trinajstić information content (AvgIpc) is 2.53. The second-order valence-electron chi connectivity index (χ2n) is 3.37. The first kappa shape index (κ1) is 11.2. The van der Waals surface area contributed by atoms with Crippen molar-refractivity contribution in [2.45, 2.75) is 19.8 Å². The summed E-state index contributed by atoms with van der Waals surface area (Å²) in [5.41, 5.74) is 0.475. The molecule has 6 nitrogen and oxygen atoms in total. The molecule has 0 radical (unpaired) electrons. The minimum absolute atomic E-state index is 0.0168. The molecule has 0 spiro atoms. The summed E-state index contributed by atoms with van der Waals surface area (Å²) in [5, 5.41) is 14.5. The van der Waals surface area contributed by atoms with E-state index < -0.39 is 5.97 Å². The summed E-state index contributed by atoms with van der Waals surface area (Å²) in [4.78, 5) is 21.7. The normalized spacial score (nSPS) is 12.1. The SMILES string of the molecule is CC(CC(=O)O)CC(=O)Nc1cnoc1. The van der Waals surface area contributed by atoms with Gasteiger partial charge in [0.15, 0.2) is 0 Å². The molecule has 1 aromatic rings. The number of anilines is 1. The van der Waals surface area contributed by atoms with E-state index in [4.69, 9.17) is 5.11 Å². The number of rotatable bonds is 5. The summed E-state index contributed by atoms with van der Waals surface area (Å²) in [6, 6.07) is 0. The molecular formula is C9H12N2O4. The molecule has 1 unspecified atom stereocenters. The molecule has 0 aliphatic rings. The van der Waals surface area contributed by atoms with Gasteiger partial charge >= 0.3 is 5.97 Å². The molecule has 2 N–H and O–H groups in total. The van der Waals surface area contributed by atoms with Gasteiger partial charge in [0, 0.05) is 12.8 Å². The van der Waals surface area contributed by atoms with E-state index in [9.17, 15) is 9.59 Å². The summed E-state index contributed by atoms with van der Waals surface area (Å²) in [6.07, 6.45) is 2.83. The van der Waals surface area contributed by atoms with E-state index in [2.05, 4.69) is 15.0 Å². The molecule has 1 heterocycles. The number of nitrogens with zero attached hydrogens (tertiary/aromatic N) is 1. The van der Waals surface area contributed by atoms with Gasteiger partial charge in [-0.1, -0.05) is 12.1 Å². The number of carboxylic acid groups (broad SMARTS) is 1. The third-order valence-corrected chi connectivity index (χ3v) is 1.77. The Kier molecular flexibility index (Phi) is 3.84. The fraction of sp³-hybridized carbons (Fsp3) is 0.444. The highest BCUT2D eigenvalue weighted by Crippen LogP contribution is 2.10. The Labute approximate surface area is 86.3 Å². The fourth-order valence-corrected chi connectivity index (χ4v) is 1.17. The average molecular weight is 212 g/mol. The van der Waals surface area contributed by atoms with Gasteiger partial charge in [0.05, 0.1) is 6.20 Å². The summed E-state index contributed by atoms with van der Waals surface area (Å²) in [6.45, 7) is 1.71. The molecule has 82 valence electrons. The predicted molar refractivity (Wildman–Crippen MR) is 51.2 cm³/mol. The fourth-order valence-electron chi connectivity index (χ4n) is 1.17. The molecule has 1 aromatic heterocycles. The second kappa shape index (κ2) is 5.14. The number of amides is 1. The Morgan fingerprint density at radius 3 is 2.87 bits per heavy atom. The molecule has 0 bridgehead atoms. The lowest BCUT2D eigenvalue weighted by atomic mass is 10.0. The lowest BCUT2D eigenvalue weighted by Crippen LogP contribution is -2.16. The molecule has 0 aliphatic carbocycles. The highest BCUT2D eigenvalue weighted by molar-refractivity contribution is 5.90. The highest BCUT2D eigenvalue weighted by atomic mass is 16.5. The molecule has 0 aliphatic heterocycles. The first-order valence-electron chi connectivity index (χ1n) is 4.49. The van der Waals surface area contributed by atoms with Gasteiger partial charge in [-0.2, -0.15) is 0 Å². The van der Waals surface area contributed by atoms with Gasteiger partial charge in [-0.15, -0.1) is 0 Å². The van der Waals surface area contributed by atoms with Crippen LogP contribution in [0.15, 0.2) is 17.0 Å². The van der Waals surface area contributed by atoms with Crippen LogP contribution in [0.5, 0.6) is 0 Å². The second-order valence-corrected chi connectivity index (χ2v) is 3.37. The van der Waals surface area contributed by atoms with Crippen LogP contribution in [0.25, 0.3) is 0 Å². The molecule has 1 amide bonds. The lowest BCUT2D eigenvalue weighted by molar-refractivity contribution is -0.138. The minimum atomic E-state index is -0.903. The van der Waals surface area contributed by atoms with Crippen molar-refractivity contribution in [1.82, 2.24) is 5.16 Å². The molecular weight excluding hydrogens is 200 g/mol. The van der Waals surface area contributed by atoms with Crippen LogP contribution in [0.3, 0.4) is 0 Å². The zero-order valence-corrected chi connectivity index (χ0v) is 8.27. The third-order valence-electron chi connectivity index (χ3n) is 1.77. The minimum Gasteiger partial charge on any atom is -0.481 e. The molecule has 0 saturated heterocycles. The molecule has 6 heteroatoms. The summed E-state index contributed by atoms with van der Waals surface area (Å²) >= 11 is 0. The van der Waals surface area contributed by atoms with Crippen molar-refractivity contribution in [3.63, 3.8) is 0 Å². The van der Waals surface area contributed by atoms with E-state index in [0.29, 0.717) is 5.69 Å². The lowest BCUT2D eigenvalue weighted by Gasteiger charge is -2.07. The Hall–Kier alpha value is -1.85. The van der Waals surface area contributed by atoms with E-state index >= 15 is 0 Å².